The molecule has 6 heteroatoms. The summed E-state index contributed by atoms with van der Waals surface area (Å²) >= 11 is 1.55. The summed E-state index contributed by atoms with van der Waals surface area (Å²) in [6, 6.07) is 5.73. The third kappa shape index (κ3) is 2.61. The van der Waals surface area contributed by atoms with Crippen LogP contribution in [0.1, 0.15) is 30.8 Å². The standard InChI is InChI=1S/C13H13N5S/c14-9-10-8-11(5-6-15-10)19-13-17-16-12-4-2-1-3-7-18(12)13/h5-6,8H,1-4,7H2. The number of nitrogens with zero attached hydrogens (tertiary/aromatic N) is 5. The number of fused-ring (bicyclic) bond motifs is 1. The van der Waals surface area contributed by atoms with E-state index < -0.39 is 0 Å². The molecule has 0 unspecified atom stereocenters. The lowest BCUT2D eigenvalue weighted by atomic mass is 10.2. The van der Waals surface area contributed by atoms with Crippen molar-refractivity contribution in [3.05, 3.63) is 29.8 Å². The first-order valence-corrected chi connectivity index (χ1v) is 7.14. The first kappa shape index (κ1) is 12.2. The topological polar surface area (TPSA) is 67.4 Å². The van der Waals surface area contributed by atoms with Gasteiger partial charge in [0, 0.05) is 24.1 Å². The number of pyridine rings is 1. The molecular weight excluding hydrogens is 258 g/mol. The molecule has 0 saturated heterocycles. The number of aromatic nitrogens is 4. The first-order valence-electron chi connectivity index (χ1n) is 6.33. The maximum absolute atomic E-state index is 8.86. The molecule has 0 N–H and O–H groups in total. The molecule has 96 valence electrons. The van der Waals surface area contributed by atoms with Crippen LogP contribution in [0, 0.1) is 11.3 Å². The van der Waals surface area contributed by atoms with Crippen molar-refractivity contribution >= 4 is 11.8 Å². The van der Waals surface area contributed by atoms with E-state index in [0.29, 0.717) is 5.69 Å². The first-order chi connectivity index (χ1) is 9.36. The summed E-state index contributed by atoms with van der Waals surface area (Å²) in [6.45, 7) is 0.987. The van der Waals surface area contributed by atoms with Gasteiger partial charge in [-0.3, -0.25) is 0 Å². The summed E-state index contributed by atoms with van der Waals surface area (Å²) in [5.41, 5.74) is 0.431. The number of hydrogen-bond acceptors (Lipinski definition) is 5. The Kier molecular flexibility index (Phi) is 3.47. The summed E-state index contributed by atoms with van der Waals surface area (Å²) in [6.07, 6.45) is 6.28. The van der Waals surface area contributed by atoms with Crippen molar-refractivity contribution in [2.45, 2.75) is 42.3 Å². The Hall–Kier alpha value is -1.87. The normalized spacial score (nSPS) is 14.5. The van der Waals surface area contributed by atoms with Gasteiger partial charge < -0.3 is 4.57 Å². The molecule has 1 aliphatic heterocycles. The molecule has 0 atom stereocenters. The van der Waals surface area contributed by atoms with Crippen molar-refractivity contribution < 1.29 is 0 Å². The lowest BCUT2D eigenvalue weighted by molar-refractivity contribution is 0.591. The molecule has 0 saturated carbocycles. The van der Waals surface area contributed by atoms with Gasteiger partial charge in [-0.1, -0.05) is 6.42 Å². The fourth-order valence-electron chi connectivity index (χ4n) is 2.18. The molecule has 2 aromatic rings. The maximum Gasteiger partial charge on any atom is 0.196 e. The Morgan fingerprint density at radius 2 is 2.21 bits per heavy atom. The minimum absolute atomic E-state index is 0.431. The van der Waals surface area contributed by atoms with Gasteiger partial charge in [0.05, 0.1) is 0 Å². The van der Waals surface area contributed by atoms with E-state index in [-0.39, 0.29) is 0 Å². The highest BCUT2D eigenvalue weighted by Crippen LogP contribution is 2.28. The molecule has 19 heavy (non-hydrogen) atoms. The highest BCUT2D eigenvalue weighted by molar-refractivity contribution is 7.99. The smallest absolute Gasteiger partial charge is 0.196 e. The van der Waals surface area contributed by atoms with Gasteiger partial charge in [0.1, 0.15) is 17.6 Å². The number of rotatable bonds is 2. The molecule has 0 fully saturated rings. The Labute approximate surface area is 115 Å². The monoisotopic (exact) mass is 271 g/mol. The second kappa shape index (κ2) is 5.41. The van der Waals surface area contributed by atoms with Crippen molar-refractivity contribution in [3.63, 3.8) is 0 Å². The van der Waals surface area contributed by atoms with Gasteiger partial charge in [0.15, 0.2) is 5.16 Å². The fourth-order valence-corrected chi connectivity index (χ4v) is 3.07. The van der Waals surface area contributed by atoms with Gasteiger partial charge in [-0.2, -0.15) is 5.26 Å². The van der Waals surface area contributed by atoms with Crippen LogP contribution < -0.4 is 0 Å². The number of aryl methyl sites for hydroxylation is 1. The Balaban J connectivity index is 1.87. The van der Waals surface area contributed by atoms with Crippen LogP contribution in [0.5, 0.6) is 0 Å². The number of nitriles is 1. The SMILES string of the molecule is N#Cc1cc(Sc2nnc3n2CCCCC3)ccn1. The van der Waals surface area contributed by atoms with E-state index in [1.807, 2.05) is 6.07 Å². The van der Waals surface area contributed by atoms with Crippen LogP contribution in [0.4, 0.5) is 0 Å². The zero-order valence-corrected chi connectivity index (χ0v) is 11.2. The highest BCUT2D eigenvalue weighted by Gasteiger charge is 2.15. The lowest BCUT2D eigenvalue weighted by Crippen LogP contribution is -2.02. The van der Waals surface area contributed by atoms with Gasteiger partial charge >= 0.3 is 0 Å². The zero-order valence-electron chi connectivity index (χ0n) is 10.4. The maximum atomic E-state index is 8.86. The van der Waals surface area contributed by atoms with Crippen molar-refractivity contribution in [2.24, 2.45) is 0 Å². The summed E-state index contributed by atoms with van der Waals surface area (Å²) in [5.74, 6) is 1.08. The van der Waals surface area contributed by atoms with E-state index in [1.54, 1.807) is 24.0 Å². The van der Waals surface area contributed by atoms with Crippen LogP contribution in [0.15, 0.2) is 28.4 Å². The number of hydrogen-bond donors (Lipinski definition) is 0. The van der Waals surface area contributed by atoms with Crippen LogP contribution in [0.2, 0.25) is 0 Å². The van der Waals surface area contributed by atoms with Gasteiger partial charge in [0.25, 0.3) is 0 Å². The van der Waals surface area contributed by atoms with E-state index >= 15 is 0 Å². The molecule has 0 radical (unpaired) electrons. The summed E-state index contributed by atoms with van der Waals surface area (Å²) in [5, 5.41) is 18.3. The zero-order chi connectivity index (χ0) is 13.1. The molecule has 2 aromatic heterocycles. The van der Waals surface area contributed by atoms with Crippen molar-refractivity contribution in [2.75, 3.05) is 0 Å². The highest BCUT2D eigenvalue weighted by atomic mass is 32.2. The Morgan fingerprint density at radius 1 is 1.26 bits per heavy atom. The third-order valence-corrected chi connectivity index (χ3v) is 4.10. The van der Waals surface area contributed by atoms with Crippen LogP contribution in [-0.4, -0.2) is 19.7 Å². The third-order valence-electron chi connectivity index (χ3n) is 3.13. The average Bonchev–Trinajstić information content (AvgIpc) is 2.68. The average molecular weight is 271 g/mol. The molecule has 0 aliphatic carbocycles. The summed E-state index contributed by atoms with van der Waals surface area (Å²) in [7, 11) is 0. The van der Waals surface area contributed by atoms with Gasteiger partial charge in [-0.15, -0.1) is 10.2 Å². The molecule has 0 bridgehead atoms. The largest absolute Gasteiger partial charge is 0.306 e. The van der Waals surface area contributed by atoms with Crippen LogP contribution in [0.25, 0.3) is 0 Å². The van der Waals surface area contributed by atoms with Crippen molar-refractivity contribution in [1.82, 2.24) is 19.7 Å². The van der Waals surface area contributed by atoms with E-state index in [0.717, 1.165) is 28.8 Å². The molecule has 0 aromatic carbocycles. The van der Waals surface area contributed by atoms with Crippen LogP contribution in [0.3, 0.4) is 0 Å². The van der Waals surface area contributed by atoms with E-state index in [1.165, 1.54) is 19.3 Å². The minimum Gasteiger partial charge on any atom is -0.306 e. The molecule has 0 spiro atoms. The quantitative estimate of drug-likeness (QED) is 0.839. The lowest BCUT2D eigenvalue weighted by Gasteiger charge is -2.06. The van der Waals surface area contributed by atoms with Gasteiger partial charge in [-0.05, 0) is 36.7 Å². The molecule has 3 heterocycles. The summed E-state index contributed by atoms with van der Waals surface area (Å²) < 4.78 is 2.20. The van der Waals surface area contributed by atoms with Crippen molar-refractivity contribution in [1.29, 1.82) is 5.26 Å². The van der Waals surface area contributed by atoms with E-state index in [9.17, 15) is 0 Å². The molecule has 0 amide bonds. The van der Waals surface area contributed by atoms with Crippen LogP contribution >= 0.6 is 11.8 Å². The second-order valence-corrected chi connectivity index (χ2v) is 5.49. The van der Waals surface area contributed by atoms with Gasteiger partial charge in [0.2, 0.25) is 0 Å². The summed E-state index contributed by atoms with van der Waals surface area (Å²) in [4.78, 5) is 4.95. The molecule has 1 aliphatic rings. The fraction of sp³-hybridized carbons (Fsp3) is 0.385. The predicted molar refractivity (Wildman–Crippen MR) is 70.7 cm³/mol. The Morgan fingerprint density at radius 3 is 3.11 bits per heavy atom. The minimum atomic E-state index is 0.431. The predicted octanol–water partition coefficient (Wildman–Crippen LogP) is 2.42. The molecular formula is C13H13N5S. The van der Waals surface area contributed by atoms with Crippen LogP contribution in [-0.2, 0) is 13.0 Å². The second-order valence-electron chi connectivity index (χ2n) is 4.45. The van der Waals surface area contributed by atoms with E-state index in [4.69, 9.17) is 5.26 Å². The Bertz CT molecular complexity index is 628. The molecule has 5 nitrogen and oxygen atoms in total. The van der Waals surface area contributed by atoms with Gasteiger partial charge in [-0.25, -0.2) is 4.98 Å². The van der Waals surface area contributed by atoms with E-state index in [2.05, 4.69) is 25.8 Å². The molecule has 3 rings (SSSR count). The van der Waals surface area contributed by atoms with Crippen molar-refractivity contribution in [3.8, 4) is 6.07 Å².